The number of halogens is 1. The molecule has 1 aromatic rings. The van der Waals surface area contributed by atoms with E-state index in [9.17, 15) is 17.6 Å². The molecule has 0 fully saturated rings. The fourth-order valence-corrected chi connectivity index (χ4v) is 2.56. The van der Waals surface area contributed by atoms with Gasteiger partial charge in [0.15, 0.2) is 0 Å². The highest BCUT2D eigenvalue weighted by atomic mass is 32.2. The van der Waals surface area contributed by atoms with Gasteiger partial charge in [-0.15, -0.1) is 0 Å². The highest BCUT2D eigenvalue weighted by Gasteiger charge is 2.15. The first kappa shape index (κ1) is 15.6. The maximum atomic E-state index is 12.9. The van der Waals surface area contributed by atoms with E-state index in [1.807, 2.05) is 0 Å². The van der Waals surface area contributed by atoms with Crippen molar-refractivity contribution in [2.45, 2.75) is 24.7 Å². The zero-order valence-corrected chi connectivity index (χ0v) is 11.3. The van der Waals surface area contributed by atoms with Crippen LogP contribution in [0.4, 0.5) is 4.39 Å². The van der Waals surface area contributed by atoms with Gasteiger partial charge in [0.2, 0.25) is 10.0 Å². The molecule has 0 heterocycles. The van der Waals surface area contributed by atoms with Crippen LogP contribution in [0, 0.1) is 11.7 Å². The average molecular weight is 289 g/mol. The molecule has 7 heteroatoms. The molecule has 0 saturated carbocycles. The summed E-state index contributed by atoms with van der Waals surface area (Å²) in [7, 11) is -3.74. The number of aliphatic carboxylic acids is 1. The Morgan fingerprint density at radius 1 is 1.47 bits per heavy atom. The summed E-state index contributed by atoms with van der Waals surface area (Å²) in [4.78, 5) is 10.4. The molecule has 1 aromatic carbocycles. The van der Waals surface area contributed by atoms with Gasteiger partial charge < -0.3 is 5.11 Å². The lowest BCUT2D eigenvalue weighted by molar-refractivity contribution is -0.141. The van der Waals surface area contributed by atoms with E-state index in [0.29, 0.717) is 12.8 Å². The Balaban J connectivity index is 2.50. The third kappa shape index (κ3) is 4.96. The van der Waals surface area contributed by atoms with E-state index in [-0.39, 0.29) is 11.4 Å². The minimum atomic E-state index is -3.74. The smallest absolute Gasteiger partial charge is 0.306 e. The molecule has 0 amide bonds. The van der Waals surface area contributed by atoms with Crippen LogP contribution < -0.4 is 4.72 Å². The van der Waals surface area contributed by atoms with Crippen molar-refractivity contribution >= 4 is 16.0 Å². The quantitative estimate of drug-likeness (QED) is 0.747. The largest absolute Gasteiger partial charge is 0.481 e. The van der Waals surface area contributed by atoms with Gasteiger partial charge in [-0.1, -0.05) is 13.0 Å². The van der Waals surface area contributed by atoms with Crippen LogP contribution in [-0.4, -0.2) is 26.0 Å². The molecule has 0 bridgehead atoms. The van der Waals surface area contributed by atoms with Crippen LogP contribution in [-0.2, 0) is 14.8 Å². The molecular formula is C12H16FNO4S. The van der Waals surface area contributed by atoms with E-state index in [2.05, 4.69) is 4.72 Å². The molecular weight excluding hydrogens is 273 g/mol. The lowest BCUT2D eigenvalue weighted by atomic mass is 10.1. The number of nitrogens with one attached hydrogen (secondary N) is 1. The van der Waals surface area contributed by atoms with E-state index < -0.39 is 27.7 Å². The zero-order valence-electron chi connectivity index (χ0n) is 10.5. The molecule has 0 spiro atoms. The number of carboxylic acids is 1. The summed E-state index contributed by atoms with van der Waals surface area (Å²) in [5.74, 6) is -2.05. The number of rotatable bonds is 7. The Morgan fingerprint density at radius 2 is 2.16 bits per heavy atom. The van der Waals surface area contributed by atoms with Crippen molar-refractivity contribution in [3.8, 4) is 0 Å². The van der Waals surface area contributed by atoms with Crippen LogP contribution in [0.3, 0.4) is 0 Å². The topological polar surface area (TPSA) is 83.5 Å². The van der Waals surface area contributed by atoms with Gasteiger partial charge in [-0.25, -0.2) is 17.5 Å². The van der Waals surface area contributed by atoms with Crippen LogP contribution in [0.15, 0.2) is 29.2 Å². The van der Waals surface area contributed by atoms with Crippen LogP contribution in [0.5, 0.6) is 0 Å². The minimum Gasteiger partial charge on any atom is -0.481 e. The predicted octanol–water partition coefficient (Wildman–Crippen LogP) is 1.60. The van der Waals surface area contributed by atoms with Crippen LogP contribution in [0.2, 0.25) is 0 Å². The molecule has 2 N–H and O–H groups in total. The van der Waals surface area contributed by atoms with Crippen molar-refractivity contribution in [1.29, 1.82) is 0 Å². The summed E-state index contributed by atoms with van der Waals surface area (Å²) < 4.78 is 38.8. The normalized spacial score (nSPS) is 13.2. The third-order valence-electron chi connectivity index (χ3n) is 2.63. The van der Waals surface area contributed by atoms with Crippen LogP contribution in [0.25, 0.3) is 0 Å². The number of hydrogen-bond acceptors (Lipinski definition) is 3. The first-order chi connectivity index (χ1) is 8.83. The molecule has 19 heavy (non-hydrogen) atoms. The number of hydrogen-bond donors (Lipinski definition) is 2. The molecule has 0 aliphatic rings. The molecule has 1 atom stereocenters. The third-order valence-corrected chi connectivity index (χ3v) is 4.09. The lowest BCUT2D eigenvalue weighted by Crippen LogP contribution is -2.25. The second-order valence-electron chi connectivity index (χ2n) is 4.24. The Kier molecular flexibility index (Phi) is 5.44. The van der Waals surface area contributed by atoms with Gasteiger partial charge in [-0.2, -0.15) is 0 Å². The Labute approximate surface area is 111 Å². The van der Waals surface area contributed by atoms with Gasteiger partial charge in [0.05, 0.1) is 10.8 Å². The van der Waals surface area contributed by atoms with Gasteiger partial charge >= 0.3 is 5.97 Å². The standard InChI is InChI=1S/C12H16FNO4S/c1-9(12(15)16)4-3-7-14-19(17,18)11-6-2-5-10(13)8-11/h2,5-6,8-9,14H,3-4,7H2,1H3,(H,15,16). The van der Waals surface area contributed by atoms with Crippen LogP contribution >= 0.6 is 0 Å². The summed E-state index contributed by atoms with van der Waals surface area (Å²) >= 11 is 0. The number of sulfonamides is 1. The summed E-state index contributed by atoms with van der Waals surface area (Å²) in [6.07, 6.45) is 0.781. The molecule has 5 nitrogen and oxygen atoms in total. The highest BCUT2D eigenvalue weighted by molar-refractivity contribution is 7.89. The second-order valence-corrected chi connectivity index (χ2v) is 6.00. The number of carboxylic acid groups (broad SMARTS) is 1. The highest BCUT2D eigenvalue weighted by Crippen LogP contribution is 2.11. The molecule has 0 aliphatic heterocycles. The summed E-state index contributed by atoms with van der Waals surface area (Å²) in [5.41, 5.74) is 0. The summed E-state index contributed by atoms with van der Waals surface area (Å²) in [5, 5.41) is 8.67. The van der Waals surface area contributed by atoms with E-state index in [1.54, 1.807) is 6.92 Å². The SMILES string of the molecule is CC(CCCNS(=O)(=O)c1cccc(F)c1)C(=O)O. The van der Waals surface area contributed by atoms with Crippen molar-refractivity contribution in [3.63, 3.8) is 0 Å². The molecule has 0 saturated heterocycles. The van der Waals surface area contributed by atoms with Gasteiger partial charge in [0.1, 0.15) is 5.82 Å². The zero-order chi connectivity index (χ0) is 14.5. The minimum absolute atomic E-state index is 0.121. The number of carbonyl (C=O) groups is 1. The van der Waals surface area contributed by atoms with E-state index in [4.69, 9.17) is 5.11 Å². The van der Waals surface area contributed by atoms with E-state index in [1.165, 1.54) is 12.1 Å². The first-order valence-electron chi connectivity index (χ1n) is 5.81. The van der Waals surface area contributed by atoms with E-state index >= 15 is 0 Å². The van der Waals surface area contributed by atoms with Crippen molar-refractivity contribution in [3.05, 3.63) is 30.1 Å². The van der Waals surface area contributed by atoms with Crippen molar-refractivity contribution in [1.82, 2.24) is 4.72 Å². The Hall–Kier alpha value is -1.47. The Morgan fingerprint density at radius 3 is 2.74 bits per heavy atom. The van der Waals surface area contributed by atoms with Gasteiger partial charge in [-0.3, -0.25) is 4.79 Å². The summed E-state index contributed by atoms with van der Waals surface area (Å²) in [6, 6.07) is 4.71. The summed E-state index contributed by atoms with van der Waals surface area (Å²) in [6.45, 7) is 1.68. The predicted molar refractivity (Wildman–Crippen MR) is 67.6 cm³/mol. The molecule has 0 radical (unpaired) electrons. The molecule has 106 valence electrons. The first-order valence-corrected chi connectivity index (χ1v) is 7.29. The fourth-order valence-electron chi connectivity index (χ4n) is 1.46. The fraction of sp³-hybridized carbons (Fsp3) is 0.417. The average Bonchev–Trinajstić information content (AvgIpc) is 2.34. The maximum absolute atomic E-state index is 12.9. The molecule has 1 rings (SSSR count). The second kappa shape index (κ2) is 6.63. The van der Waals surface area contributed by atoms with E-state index in [0.717, 1.165) is 12.1 Å². The molecule has 0 aliphatic carbocycles. The monoisotopic (exact) mass is 289 g/mol. The Bertz CT molecular complexity index is 544. The van der Waals surface area contributed by atoms with Gasteiger partial charge in [-0.05, 0) is 31.0 Å². The maximum Gasteiger partial charge on any atom is 0.306 e. The van der Waals surface area contributed by atoms with Crippen LogP contribution in [0.1, 0.15) is 19.8 Å². The van der Waals surface area contributed by atoms with Crippen molar-refractivity contribution < 1.29 is 22.7 Å². The van der Waals surface area contributed by atoms with Gasteiger partial charge in [0, 0.05) is 6.54 Å². The van der Waals surface area contributed by atoms with Gasteiger partial charge in [0.25, 0.3) is 0 Å². The molecule has 1 unspecified atom stereocenters. The molecule has 0 aromatic heterocycles. The lowest BCUT2D eigenvalue weighted by Gasteiger charge is -2.08. The van der Waals surface area contributed by atoms with Crippen molar-refractivity contribution in [2.24, 2.45) is 5.92 Å². The van der Waals surface area contributed by atoms with Crippen molar-refractivity contribution in [2.75, 3.05) is 6.54 Å². The number of benzene rings is 1.